The van der Waals surface area contributed by atoms with Crippen molar-refractivity contribution in [2.75, 3.05) is 19.7 Å². The summed E-state index contributed by atoms with van der Waals surface area (Å²) in [7, 11) is 0. The van der Waals surface area contributed by atoms with Crippen LogP contribution in [-0.4, -0.2) is 41.6 Å². The maximum Gasteiger partial charge on any atom is 0.311 e. The molecule has 0 aliphatic carbocycles. The zero-order valence-corrected chi connectivity index (χ0v) is 11.8. The molecule has 0 saturated carbocycles. The Labute approximate surface area is 122 Å². The van der Waals surface area contributed by atoms with Gasteiger partial charge in [-0.15, -0.1) is 0 Å². The fraction of sp³-hybridized carbons (Fsp3) is 0.467. The maximum atomic E-state index is 12.9. The van der Waals surface area contributed by atoms with Crippen LogP contribution in [0.5, 0.6) is 5.75 Å². The number of hydrogen-bond donors (Lipinski definition) is 1. The number of amides is 1. The highest BCUT2D eigenvalue weighted by Gasteiger charge is 2.41. The van der Waals surface area contributed by atoms with E-state index >= 15 is 0 Å². The minimum Gasteiger partial charge on any atom is -0.493 e. The second-order valence-electron chi connectivity index (χ2n) is 5.49. The molecule has 1 aromatic carbocycles. The molecule has 0 spiro atoms. The van der Waals surface area contributed by atoms with Crippen LogP contribution in [0.25, 0.3) is 0 Å². The van der Waals surface area contributed by atoms with E-state index in [0.717, 1.165) is 0 Å². The van der Waals surface area contributed by atoms with Gasteiger partial charge in [-0.1, -0.05) is 6.07 Å². The van der Waals surface area contributed by atoms with Crippen LogP contribution in [0.3, 0.4) is 0 Å². The Hall–Kier alpha value is -2.11. The lowest BCUT2D eigenvalue weighted by Crippen LogP contribution is -2.35. The van der Waals surface area contributed by atoms with E-state index in [-0.39, 0.29) is 25.5 Å². The number of rotatable bonds is 5. The molecule has 6 heteroatoms. The van der Waals surface area contributed by atoms with Crippen LogP contribution in [0.15, 0.2) is 24.3 Å². The highest BCUT2D eigenvalue weighted by molar-refractivity contribution is 5.80. The van der Waals surface area contributed by atoms with E-state index in [1.165, 1.54) is 18.2 Å². The molecule has 0 bridgehead atoms. The van der Waals surface area contributed by atoms with Gasteiger partial charge in [0.25, 0.3) is 0 Å². The third-order valence-corrected chi connectivity index (χ3v) is 3.72. The summed E-state index contributed by atoms with van der Waals surface area (Å²) in [6, 6.07) is 5.72. The average molecular weight is 295 g/mol. The second-order valence-corrected chi connectivity index (χ2v) is 5.49. The molecule has 1 aliphatic heterocycles. The lowest BCUT2D eigenvalue weighted by Gasteiger charge is -2.20. The summed E-state index contributed by atoms with van der Waals surface area (Å²) in [4.78, 5) is 24.7. The molecule has 1 unspecified atom stereocenters. The molecular weight excluding hydrogens is 277 g/mol. The first-order valence-electron chi connectivity index (χ1n) is 6.80. The third-order valence-electron chi connectivity index (χ3n) is 3.72. The molecule has 1 atom stereocenters. The minimum atomic E-state index is -0.881. The number of carbonyl (C=O) groups excluding carboxylic acids is 1. The van der Waals surface area contributed by atoms with E-state index in [2.05, 4.69) is 0 Å². The largest absolute Gasteiger partial charge is 0.493 e. The summed E-state index contributed by atoms with van der Waals surface area (Å²) >= 11 is 0. The fourth-order valence-electron chi connectivity index (χ4n) is 2.32. The Kier molecular flexibility index (Phi) is 4.45. The number of benzene rings is 1. The maximum absolute atomic E-state index is 12.9. The van der Waals surface area contributed by atoms with Crippen molar-refractivity contribution in [1.29, 1.82) is 0 Å². The normalized spacial score (nSPS) is 21.3. The standard InChI is InChI=1S/C15H18FNO4/c1-15(14(19)20)6-7-17(10-15)13(18)5-8-21-12-4-2-3-11(16)9-12/h2-4,9H,5-8,10H2,1H3,(H,19,20). The molecule has 21 heavy (non-hydrogen) atoms. The van der Waals surface area contributed by atoms with Crippen molar-refractivity contribution in [3.63, 3.8) is 0 Å². The van der Waals surface area contributed by atoms with Gasteiger partial charge in [0, 0.05) is 19.2 Å². The zero-order valence-electron chi connectivity index (χ0n) is 11.8. The monoisotopic (exact) mass is 295 g/mol. The van der Waals surface area contributed by atoms with Crippen molar-refractivity contribution < 1.29 is 23.8 Å². The van der Waals surface area contributed by atoms with E-state index < -0.39 is 17.2 Å². The number of ether oxygens (including phenoxy) is 1. The average Bonchev–Trinajstić information content (AvgIpc) is 2.83. The van der Waals surface area contributed by atoms with Gasteiger partial charge >= 0.3 is 5.97 Å². The van der Waals surface area contributed by atoms with Crippen molar-refractivity contribution in [2.45, 2.75) is 19.8 Å². The van der Waals surface area contributed by atoms with E-state index in [0.29, 0.717) is 18.7 Å². The predicted octanol–water partition coefficient (Wildman–Crippen LogP) is 1.92. The van der Waals surface area contributed by atoms with Gasteiger partial charge < -0.3 is 14.7 Å². The molecule has 1 amide bonds. The molecule has 2 rings (SSSR count). The van der Waals surface area contributed by atoms with Crippen LogP contribution in [0, 0.1) is 11.2 Å². The molecule has 5 nitrogen and oxygen atoms in total. The highest BCUT2D eigenvalue weighted by atomic mass is 19.1. The first kappa shape index (κ1) is 15.3. The number of aliphatic carboxylic acids is 1. The SMILES string of the molecule is CC1(C(=O)O)CCN(C(=O)CCOc2cccc(F)c2)C1. The molecule has 1 N–H and O–H groups in total. The summed E-state index contributed by atoms with van der Waals surface area (Å²) in [5.41, 5.74) is -0.862. The Morgan fingerprint density at radius 2 is 2.24 bits per heavy atom. The van der Waals surface area contributed by atoms with E-state index in [4.69, 9.17) is 9.84 Å². The minimum absolute atomic E-state index is 0.141. The summed E-state index contributed by atoms with van der Waals surface area (Å²) in [5, 5.41) is 9.12. The highest BCUT2D eigenvalue weighted by Crippen LogP contribution is 2.30. The first-order chi connectivity index (χ1) is 9.90. The summed E-state index contributed by atoms with van der Waals surface area (Å²) in [5.74, 6) is -1.04. The predicted molar refractivity (Wildman–Crippen MR) is 73.5 cm³/mol. The van der Waals surface area contributed by atoms with Crippen LogP contribution in [0.1, 0.15) is 19.8 Å². The molecule has 1 aliphatic rings. The van der Waals surface area contributed by atoms with Crippen LogP contribution in [0.2, 0.25) is 0 Å². The van der Waals surface area contributed by atoms with E-state index in [1.54, 1.807) is 17.9 Å². The van der Waals surface area contributed by atoms with Gasteiger partial charge in [-0.2, -0.15) is 0 Å². The molecule has 1 fully saturated rings. The lowest BCUT2D eigenvalue weighted by atomic mass is 9.90. The summed E-state index contributed by atoms with van der Waals surface area (Å²) in [6.45, 7) is 2.46. The number of halogens is 1. The molecule has 114 valence electrons. The third kappa shape index (κ3) is 3.71. The van der Waals surface area contributed by atoms with Crippen LogP contribution in [0.4, 0.5) is 4.39 Å². The van der Waals surface area contributed by atoms with Crippen molar-refractivity contribution in [2.24, 2.45) is 5.41 Å². The smallest absolute Gasteiger partial charge is 0.311 e. The number of nitrogens with zero attached hydrogens (tertiary/aromatic N) is 1. The summed E-state index contributed by atoms with van der Waals surface area (Å²) in [6.07, 6.45) is 0.602. The van der Waals surface area contributed by atoms with Crippen molar-refractivity contribution in [3.8, 4) is 5.75 Å². The Morgan fingerprint density at radius 3 is 2.86 bits per heavy atom. The quantitative estimate of drug-likeness (QED) is 0.901. The van der Waals surface area contributed by atoms with Gasteiger partial charge in [0.15, 0.2) is 0 Å². The van der Waals surface area contributed by atoms with Crippen LogP contribution < -0.4 is 4.74 Å². The van der Waals surface area contributed by atoms with Crippen molar-refractivity contribution >= 4 is 11.9 Å². The van der Waals surface area contributed by atoms with Gasteiger partial charge in [0.05, 0.1) is 18.4 Å². The Morgan fingerprint density at radius 1 is 1.48 bits per heavy atom. The van der Waals surface area contributed by atoms with Gasteiger partial charge in [0.2, 0.25) is 5.91 Å². The number of hydrogen-bond acceptors (Lipinski definition) is 3. The van der Waals surface area contributed by atoms with Gasteiger partial charge in [0.1, 0.15) is 11.6 Å². The molecule has 1 aromatic rings. The van der Waals surface area contributed by atoms with Crippen LogP contribution in [-0.2, 0) is 9.59 Å². The second kappa shape index (κ2) is 6.11. The van der Waals surface area contributed by atoms with Crippen molar-refractivity contribution in [1.82, 2.24) is 4.90 Å². The lowest BCUT2D eigenvalue weighted by molar-refractivity contribution is -0.147. The number of carboxylic acids is 1. The zero-order chi connectivity index (χ0) is 15.5. The number of carbonyl (C=O) groups is 2. The van der Waals surface area contributed by atoms with Crippen LogP contribution >= 0.6 is 0 Å². The fourth-order valence-corrected chi connectivity index (χ4v) is 2.32. The number of likely N-dealkylation sites (tertiary alicyclic amines) is 1. The molecule has 0 radical (unpaired) electrons. The van der Waals surface area contributed by atoms with E-state index in [9.17, 15) is 14.0 Å². The molecular formula is C15H18FNO4. The topological polar surface area (TPSA) is 66.8 Å². The number of carboxylic acid groups (broad SMARTS) is 1. The molecule has 1 heterocycles. The Bertz CT molecular complexity index is 548. The molecule has 0 aromatic heterocycles. The Balaban J connectivity index is 1.79. The summed E-state index contributed by atoms with van der Waals surface area (Å²) < 4.78 is 18.3. The van der Waals surface area contributed by atoms with Gasteiger partial charge in [-0.05, 0) is 25.5 Å². The van der Waals surface area contributed by atoms with Gasteiger partial charge in [-0.25, -0.2) is 4.39 Å². The first-order valence-corrected chi connectivity index (χ1v) is 6.80. The van der Waals surface area contributed by atoms with E-state index in [1.807, 2.05) is 0 Å². The van der Waals surface area contributed by atoms with Gasteiger partial charge in [-0.3, -0.25) is 9.59 Å². The molecule has 1 saturated heterocycles. The van der Waals surface area contributed by atoms with Crippen molar-refractivity contribution in [3.05, 3.63) is 30.1 Å².